The van der Waals surface area contributed by atoms with Crippen LogP contribution < -0.4 is 0 Å². The van der Waals surface area contributed by atoms with Crippen molar-refractivity contribution in [2.75, 3.05) is 14.2 Å². The summed E-state index contributed by atoms with van der Waals surface area (Å²) >= 11 is 0. The fourth-order valence-electron chi connectivity index (χ4n) is 1.73. The van der Waals surface area contributed by atoms with E-state index in [0.717, 1.165) is 11.1 Å². The summed E-state index contributed by atoms with van der Waals surface area (Å²) in [6, 6.07) is 5.55. The van der Waals surface area contributed by atoms with Gasteiger partial charge in [-0.05, 0) is 30.2 Å². The molecule has 2 atom stereocenters. The first kappa shape index (κ1) is 11.1. The Labute approximate surface area is 94.1 Å². The quantitative estimate of drug-likeness (QED) is 0.578. The lowest BCUT2D eigenvalue weighted by Gasteiger charge is -2.04. The fourth-order valence-corrected chi connectivity index (χ4v) is 1.73. The van der Waals surface area contributed by atoms with Crippen molar-refractivity contribution < 1.29 is 19.0 Å². The Balaban J connectivity index is 2.26. The van der Waals surface area contributed by atoms with E-state index in [1.807, 2.05) is 13.0 Å². The van der Waals surface area contributed by atoms with Crippen LogP contribution in [0.4, 0.5) is 0 Å². The standard InChI is InChI=1S/C12H14O4/c1-7-4-8(10-12(15-3)16-10)6-9(5-7)11(13)14-2/h4-6,10,12H,1-3H3. The van der Waals surface area contributed by atoms with Crippen molar-refractivity contribution in [1.82, 2.24) is 0 Å². The van der Waals surface area contributed by atoms with Gasteiger partial charge in [0.15, 0.2) is 6.29 Å². The lowest BCUT2D eigenvalue weighted by atomic mass is 10.0. The van der Waals surface area contributed by atoms with Gasteiger partial charge in [0.25, 0.3) is 0 Å². The molecular formula is C12H14O4. The first-order valence-electron chi connectivity index (χ1n) is 5.04. The zero-order chi connectivity index (χ0) is 11.7. The molecule has 1 fully saturated rings. The van der Waals surface area contributed by atoms with Crippen LogP contribution in [0.15, 0.2) is 18.2 Å². The van der Waals surface area contributed by atoms with Gasteiger partial charge < -0.3 is 14.2 Å². The van der Waals surface area contributed by atoms with Crippen LogP contribution in [0.25, 0.3) is 0 Å². The second-order valence-corrected chi connectivity index (χ2v) is 3.78. The molecule has 2 unspecified atom stereocenters. The molecule has 0 saturated carbocycles. The van der Waals surface area contributed by atoms with E-state index in [9.17, 15) is 4.79 Å². The first-order chi connectivity index (χ1) is 7.65. The maximum Gasteiger partial charge on any atom is 0.337 e. The number of ether oxygens (including phenoxy) is 3. The fraction of sp³-hybridized carbons (Fsp3) is 0.417. The molecule has 1 aromatic rings. The lowest BCUT2D eigenvalue weighted by molar-refractivity contribution is 0.0600. The predicted molar refractivity (Wildman–Crippen MR) is 57.1 cm³/mol. The minimum Gasteiger partial charge on any atom is -0.465 e. The van der Waals surface area contributed by atoms with Crippen molar-refractivity contribution in [2.24, 2.45) is 0 Å². The molecule has 0 aromatic heterocycles. The Morgan fingerprint density at radius 3 is 2.62 bits per heavy atom. The highest BCUT2D eigenvalue weighted by Crippen LogP contribution is 2.39. The first-order valence-corrected chi connectivity index (χ1v) is 5.04. The number of benzene rings is 1. The van der Waals surface area contributed by atoms with Crippen LogP contribution >= 0.6 is 0 Å². The van der Waals surface area contributed by atoms with Gasteiger partial charge in [-0.3, -0.25) is 0 Å². The highest BCUT2D eigenvalue weighted by Gasteiger charge is 2.40. The van der Waals surface area contributed by atoms with Crippen molar-refractivity contribution in [2.45, 2.75) is 19.3 Å². The molecule has 16 heavy (non-hydrogen) atoms. The summed E-state index contributed by atoms with van der Waals surface area (Å²) < 4.78 is 15.0. The molecular weight excluding hydrogens is 208 g/mol. The van der Waals surface area contributed by atoms with E-state index >= 15 is 0 Å². The molecule has 1 aromatic carbocycles. The third kappa shape index (κ3) is 2.08. The smallest absolute Gasteiger partial charge is 0.337 e. The van der Waals surface area contributed by atoms with Crippen molar-refractivity contribution in [3.05, 3.63) is 34.9 Å². The Morgan fingerprint density at radius 1 is 1.31 bits per heavy atom. The summed E-state index contributed by atoms with van der Waals surface area (Å²) in [4.78, 5) is 11.4. The SMILES string of the molecule is COC(=O)c1cc(C)cc(C2OC2OC)c1. The van der Waals surface area contributed by atoms with Crippen LogP contribution in [0.1, 0.15) is 27.6 Å². The molecule has 1 saturated heterocycles. The molecule has 0 N–H and O–H groups in total. The summed E-state index contributed by atoms with van der Waals surface area (Å²) in [5.74, 6) is -0.334. The van der Waals surface area contributed by atoms with Crippen LogP contribution in [0, 0.1) is 6.92 Å². The number of aryl methyl sites for hydroxylation is 1. The molecule has 0 radical (unpaired) electrons. The van der Waals surface area contributed by atoms with Gasteiger partial charge in [0.2, 0.25) is 0 Å². The maximum absolute atomic E-state index is 11.4. The highest BCUT2D eigenvalue weighted by atomic mass is 16.8. The summed E-state index contributed by atoms with van der Waals surface area (Å²) in [6.07, 6.45) is -0.249. The second kappa shape index (κ2) is 4.23. The summed E-state index contributed by atoms with van der Waals surface area (Å²) in [6.45, 7) is 1.93. The van der Waals surface area contributed by atoms with Gasteiger partial charge in [-0.25, -0.2) is 4.79 Å². The van der Waals surface area contributed by atoms with Crippen molar-refractivity contribution >= 4 is 5.97 Å². The van der Waals surface area contributed by atoms with E-state index < -0.39 is 0 Å². The predicted octanol–water partition coefficient (Wildman–Crippen LogP) is 1.83. The molecule has 86 valence electrons. The number of rotatable bonds is 3. The molecule has 4 nitrogen and oxygen atoms in total. The van der Waals surface area contributed by atoms with Gasteiger partial charge in [-0.1, -0.05) is 6.07 Å². The van der Waals surface area contributed by atoms with Crippen LogP contribution in [0.3, 0.4) is 0 Å². The van der Waals surface area contributed by atoms with Gasteiger partial charge in [0, 0.05) is 7.11 Å². The summed E-state index contributed by atoms with van der Waals surface area (Å²) in [5.41, 5.74) is 2.50. The number of epoxide rings is 1. The van der Waals surface area contributed by atoms with Gasteiger partial charge in [-0.2, -0.15) is 0 Å². The van der Waals surface area contributed by atoms with Gasteiger partial charge in [0.1, 0.15) is 6.10 Å². The van der Waals surface area contributed by atoms with Crippen LogP contribution in [0.5, 0.6) is 0 Å². The average molecular weight is 222 g/mol. The highest BCUT2D eigenvalue weighted by molar-refractivity contribution is 5.89. The van der Waals surface area contributed by atoms with E-state index in [2.05, 4.69) is 4.74 Å². The topological polar surface area (TPSA) is 48.1 Å². The van der Waals surface area contributed by atoms with Crippen molar-refractivity contribution in [3.63, 3.8) is 0 Å². The average Bonchev–Trinajstić information content (AvgIpc) is 3.06. The van der Waals surface area contributed by atoms with Crippen LogP contribution in [0.2, 0.25) is 0 Å². The van der Waals surface area contributed by atoms with Crippen LogP contribution in [-0.2, 0) is 14.2 Å². The molecule has 0 bridgehead atoms. The molecule has 0 amide bonds. The monoisotopic (exact) mass is 222 g/mol. The minimum absolute atomic E-state index is 0.0618. The van der Waals surface area contributed by atoms with Crippen LogP contribution in [-0.4, -0.2) is 26.5 Å². The van der Waals surface area contributed by atoms with E-state index in [4.69, 9.17) is 9.47 Å². The molecule has 2 rings (SSSR count). The molecule has 1 aliphatic rings. The molecule has 0 aliphatic carbocycles. The normalized spacial score (nSPS) is 22.9. The number of hydrogen-bond acceptors (Lipinski definition) is 4. The van der Waals surface area contributed by atoms with Gasteiger partial charge >= 0.3 is 5.97 Å². The Hall–Kier alpha value is -1.39. The largest absolute Gasteiger partial charge is 0.465 e. The molecule has 1 heterocycles. The van der Waals surface area contributed by atoms with E-state index in [1.54, 1.807) is 19.2 Å². The zero-order valence-corrected chi connectivity index (χ0v) is 9.52. The Morgan fingerprint density at radius 2 is 2.06 bits per heavy atom. The minimum atomic E-state index is -0.334. The Bertz CT molecular complexity index is 413. The number of methoxy groups -OCH3 is 2. The molecule has 1 aliphatic heterocycles. The third-order valence-electron chi connectivity index (χ3n) is 2.53. The second-order valence-electron chi connectivity index (χ2n) is 3.78. The number of esters is 1. The number of carbonyl (C=O) groups is 1. The summed E-state index contributed by atoms with van der Waals surface area (Å²) in [7, 11) is 2.97. The van der Waals surface area contributed by atoms with Gasteiger partial charge in [0.05, 0.1) is 12.7 Å². The Kier molecular flexibility index (Phi) is 2.94. The number of hydrogen-bond donors (Lipinski definition) is 0. The molecule has 4 heteroatoms. The number of carbonyl (C=O) groups excluding carboxylic acids is 1. The van der Waals surface area contributed by atoms with Gasteiger partial charge in [-0.15, -0.1) is 0 Å². The van der Waals surface area contributed by atoms with Crippen molar-refractivity contribution in [1.29, 1.82) is 0 Å². The van der Waals surface area contributed by atoms with Crippen molar-refractivity contribution in [3.8, 4) is 0 Å². The molecule has 0 spiro atoms. The van der Waals surface area contributed by atoms with E-state index in [1.165, 1.54) is 7.11 Å². The summed E-state index contributed by atoms with van der Waals surface area (Å²) in [5, 5.41) is 0. The van der Waals surface area contributed by atoms with E-state index in [-0.39, 0.29) is 18.4 Å². The lowest BCUT2D eigenvalue weighted by Crippen LogP contribution is -2.03. The third-order valence-corrected chi connectivity index (χ3v) is 2.53. The maximum atomic E-state index is 11.4. The zero-order valence-electron chi connectivity index (χ0n) is 9.52. The van der Waals surface area contributed by atoms with E-state index in [0.29, 0.717) is 5.56 Å².